The summed E-state index contributed by atoms with van der Waals surface area (Å²) in [6.45, 7) is 10.2. The number of likely N-dealkylation sites (tertiary alicyclic amines) is 1. The second-order valence-electron chi connectivity index (χ2n) is 9.02. The number of aryl methyl sites for hydroxylation is 3. The molecule has 158 valence electrons. The van der Waals surface area contributed by atoms with Gasteiger partial charge in [0, 0.05) is 25.7 Å². The van der Waals surface area contributed by atoms with E-state index in [1.54, 1.807) is 0 Å². The van der Waals surface area contributed by atoms with Crippen LogP contribution >= 0.6 is 0 Å². The molecular weight excluding hydrogens is 366 g/mol. The Morgan fingerprint density at radius 1 is 0.897 bits per heavy atom. The van der Waals surface area contributed by atoms with E-state index in [0.717, 1.165) is 69.7 Å². The zero-order valence-electron chi connectivity index (χ0n) is 17.9. The molecule has 1 N–H and O–H groups in total. The molecule has 2 bridgehead atoms. The van der Waals surface area contributed by atoms with E-state index < -0.39 is 0 Å². The number of fused-ring (bicyclic) bond motifs is 3. The van der Waals surface area contributed by atoms with E-state index in [4.69, 9.17) is 0 Å². The lowest BCUT2D eigenvalue weighted by Crippen LogP contribution is -2.55. The van der Waals surface area contributed by atoms with Gasteiger partial charge in [0.15, 0.2) is 0 Å². The second kappa shape index (κ2) is 8.38. The third-order valence-corrected chi connectivity index (χ3v) is 6.99. The second-order valence-corrected chi connectivity index (χ2v) is 9.02. The van der Waals surface area contributed by atoms with Crippen molar-refractivity contribution in [2.24, 2.45) is 11.8 Å². The van der Waals surface area contributed by atoms with E-state index in [1.165, 1.54) is 0 Å². The number of nitrogens with one attached hydrogen (secondary N) is 1. The predicted molar refractivity (Wildman–Crippen MR) is 111 cm³/mol. The van der Waals surface area contributed by atoms with Crippen LogP contribution in [0.15, 0.2) is 0 Å². The van der Waals surface area contributed by atoms with E-state index in [1.807, 2.05) is 25.7 Å². The molecule has 2 unspecified atom stereocenters. The maximum absolute atomic E-state index is 13.3. The van der Waals surface area contributed by atoms with Crippen LogP contribution in [0.1, 0.15) is 59.7 Å². The summed E-state index contributed by atoms with van der Waals surface area (Å²) in [5.41, 5.74) is 2.68. The molecule has 4 saturated heterocycles. The first-order chi connectivity index (χ1) is 13.9. The van der Waals surface area contributed by atoms with Crippen LogP contribution in [0.2, 0.25) is 0 Å². The smallest absolute Gasteiger partial charge is 0.272 e. The summed E-state index contributed by atoms with van der Waals surface area (Å²) < 4.78 is 0. The van der Waals surface area contributed by atoms with Crippen molar-refractivity contribution in [3.05, 3.63) is 22.8 Å². The molecule has 4 aliphatic rings. The average Bonchev–Trinajstić information content (AvgIpc) is 2.96. The molecule has 0 radical (unpaired) electrons. The van der Waals surface area contributed by atoms with Crippen LogP contribution < -0.4 is 5.32 Å². The van der Waals surface area contributed by atoms with E-state index in [2.05, 4.69) is 20.2 Å². The van der Waals surface area contributed by atoms with Crippen molar-refractivity contribution in [1.29, 1.82) is 0 Å². The summed E-state index contributed by atoms with van der Waals surface area (Å²) >= 11 is 0. The van der Waals surface area contributed by atoms with Crippen LogP contribution in [0.4, 0.5) is 0 Å². The van der Waals surface area contributed by atoms with Gasteiger partial charge >= 0.3 is 0 Å². The molecule has 0 saturated carbocycles. The standard InChI is InChI=1S/C22H33N5O2/c1-14-15(2)24-20(16(3)23-14)21(28)25-18-6-4-5-9-27(12-18)22(29)19-13-26-10-7-17(19)8-11-26/h17-19H,4-13H2,1-3H3,(H,25,28). The number of carbonyl (C=O) groups is 2. The first-order valence-electron chi connectivity index (χ1n) is 11.1. The van der Waals surface area contributed by atoms with Crippen molar-refractivity contribution < 1.29 is 9.59 Å². The molecule has 0 aliphatic carbocycles. The summed E-state index contributed by atoms with van der Waals surface area (Å²) in [4.78, 5) is 39.5. The molecule has 1 aromatic rings. The van der Waals surface area contributed by atoms with Gasteiger partial charge in [-0.15, -0.1) is 0 Å². The number of rotatable bonds is 3. The third kappa shape index (κ3) is 4.29. The van der Waals surface area contributed by atoms with Gasteiger partial charge in [-0.05, 0) is 71.9 Å². The number of hydrogen-bond donors (Lipinski definition) is 1. The first kappa shape index (κ1) is 20.3. The van der Waals surface area contributed by atoms with Crippen molar-refractivity contribution in [3.8, 4) is 0 Å². The maximum atomic E-state index is 13.3. The summed E-state index contributed by atoms with van der Waals surface area (Å²) in [5.74, 6) is 0.792. The summed E-state index contributed by atoms with van der Waals surface area (Å²) in [5, 5.41) is 3.14. The number of aromatic nitrogens is 2. The molecule has 29 heavy (non-hydrogen) atoms. The Kier molecular flexibility index (Phi) is 5.86. The Bertz CT molecular complexity index is 788. The van der Waals surface area contributed by atoms with Gasteiger partial charge < -0.3 is 15.1 Å². The Labute approximate surface area is 173 Å². The molecule has 2 amide bonds. The van der Waals surface area contributed by atoms with Crippen LogP contribution in [-0.2, 0) is 4.79 Å². The monoisotopic (exact) mass is 399 g/mol. The van der Waals surface area contributed by atoms with Gasteiger partial charge in [0.05, 0.1) is 23.0 Å². The fraction of sp³-hybridized carbons (Fsp3) is 0.727. The summed E-state index contributed by atoms with van der Waals surface area (Å²) in [6, 6.07) is -0.0298. The Hall–Kier alpha value is -2.02. The van der Waals surface area contributed by atoms with Crippen LogP contribution in [0.5, 0.6) is 0 Å². The number of amides is 2. The summed E-state index contributed by atoms with van der Waals surface area (Å²) in [7, 11) is 0. The quantitative estimate of drug-likeness (QED) is 0.839. The number of hydrogen-bond acceptors (Lipinski definition) is 5. The Balaban J connectivity index is 1.43. The molecule has 5 heterocycles. The van der Waals surface area contributed by atoms with Crippen LogP contribution in [0.25, 0.3) is 0 Å². The zero-order chi connectivity index (χ0) is 20.5. The number of carbonyl (C=O) groups excluding carboxylic acids is 2. The largest absolute Gasteiger partial charge is 0.346 e. The lowest BCUT2D eigenvalue weighted by Gasteiger charge is -2.45. The van der Waals surface area contributed by atoms with Crippen LogP contribution in [-0.4, -0.2) is 70.3 Å². The molecular formula is C22H33N5O2. The fourth-order valence-corrected chi connectivity index (χ4v) is 5.12. The molecule has 4 aliphatic heterocycles. The van der Waals surface area contributed by atoms with Gasteiger partial charge in [-0.1, -0.05) is 0 Å². The highest BCUT2D eigenvalue weighted by molar-refractivity contribution is 5.93. The van der Waals surface area contributed by atoms with Gasteiger partial charge in [-0.3, -0.25) is 14.6 Å². The van der Waals surface area contributed by atoms with E-state index in [0.29, 0.717) is 29.8 Å². The third-order valence-electron chi connectivity index (χ3n) is 6.99. The maximum Gasteiger partial charge on any atom is 0.272 e. The van der Waals surface area contributed by atoms with Crippen molar-refractivity contribution in [2.75, 3.05) is 32.7 Å². The molecule has 5 rings (SSSR count). The van der Waals surface area contributed by atoms with Gasteiger partial charge in [0.25, 0.3) is 5.91 Å². The van der Waals surface area contributed by atoms with Gasteiger partial charge in [-0.2, -0.15) is 0 Å². The zero-order valence-corrected chi connectivity index (χ0v) is 17.9. The molecule has 4 fully saturated rings. The molecule has 0 spiro atoms. The van der Waals surface area contributed by atoms with E-state index in [-0.39, 0.29) is 17.9 Å². The lowest BCUT2D eigenvalue weighted by molar-refractivity contribution is -0.142. The normalized spacial score (nSPS) is 29.4. The minimum atomic E-state index is -0.180. The lowest BCUT2D eigenvalue weighted by atomic mass is 9.78. The van der Waals surface area contributed by atoms with Crippen LogP contribution in [0.3, 0.4) is 0 Å². The average molecular weight is 400 g/mol. The van der Waals surface area contributed by atoms with Crippen molar-refractivity contribution >= 4 is 11.8 Å². The minimum absolute atomic E-state index is 0.0298. The first-order valence-corrected chi connectivity index (χ1v) is 11.1. The Morgan fingerprint density at radius 2 is 1.62 bits per heavy atom. The SMILES string of the molecule is Cc1nc(C)c(C(=O)NC2CCCCN(C(=O)C3CN4CCC3CC4)C2)nc1C. The fourth-order valence-electron chi connectivity index (χ4n) is 5.12. The highest BCUT2D eigenvalue weighted by Crippen LogP contribution is 2.33. The van der Waals surface area contributed by atoms with E-state index in [9.17, 15) is 9.59 Å². The van der Waals surface area contributed by atoms with E-state index >= 15 is 0 Å². The van der Waals surface area contributed by atoms with Gasteiger partial charge in [-0.25, -0.2) is 4.98 Å². The minimum Gasteiger partial charge on any atom is -0.346 e. The highest BCUT2D eigenvalue weighted by atomic mass is 16.2. The van der Waals surface area contributed by atoms with Gasteiger partial charge in [0.2, 0.25) is 5.91 Å². The predicted octanol–water partition coefficient (Wildman–Crippen LogP) is 1.85. The van der Waals surface area contributed by atoms with Gasteiger partial charge in [0.1, 0.15) is 5.69 Å². The molecule has 0 aromatic carbocycles. The molecule has 7 heteroatoms. The number of piperidine rings is 3. The number of nitrogens with zero attached hydrogens (tertiary/aromatic N) is 4. The van der Waals surface area contributed by atoms with Crippen molar-refractivity contribution in [2.45, 2.75) is 58.9 Å². The Morgan fingerprint density at radius 3 is 2.31 bits per heavy atom. The summed E-state index contributed by atoms with van der Waals surface area (Å²) in [6.07, 6.45) is 5.21. The van der Waals surface area contributed by atoms with Crippen molar-refractivity contribution in [1.82, 2.24) is 25.1 Å². The molecule has 1 aromatic heterocycles. The molecule has 2 atom stereocenters. The molecule has 7 nitrogen and oxygen atoms in total. The highest BCUT2D eigenvalue weighted by Gasteiger charge is 2.40. The topological polar surface area (TPSA) is 78.4 Å². The van der Waals surface area contributed by atoms with Crippen molar-refractivity contribution in [3.63, 3.8) is 0 Å². The van der Waals surface area contributed by atoms with Crippen LogP contribution in [0, 0.1) is 32.6 Å².